The zero-order chi connectivity index (χ0) is 19.3. The Morgan fingerprint density at radius 3 is 2.54 bits per heavy atom. The minimum Gasteiger partial charge on any atom is -0.457 e. The monoisotopic (exact) mass is 377 g/mol. The number of ether oxygens (including phenoxy) is 1. The van der Waals surface area contributed by atoms with Crippen LogP contribution in [0.4, 0.5) is 11.6 Å². The van der Waals surface area contributed by atoms with Crippen LogP contribution in [0.2, 0.25) is 0 Å². The van der Waals surface area contributed by atoms with Crippen molar-refractivity contribution in [1.82, 2.24) is 15.3 Å². The first-order chi connectivity index (χ1) is 13.7. The van der Waals surface area contributed by atoms with Gasteiger partial charge in [0.15, 0.2) is 0 Å². The van der Waals surface area contributed by atoms with Crippen molar-refractivity contribution in [3.63, 3.8) is 0 Å². The fourth-order valence-electron chi connectivity index (χ4n) is 3.28. The first kappa shape index (κ1) is 18.2. The van der Waals surface area contributed by atoms with E-state index >= 15 is 0 Å². The molecule has 0 spiro atoms. The van der Waals surface area contributed by atoms with Crippen LogP contribution in [0, 0.1) is 0 Å². The van der Waals surface area contributed by atoms with Gasteiger partial charge in [-0.2, -0.15) is 0 Å². The van der Waals surface area contributed by atoms with Gasteiger partial charge in [0.25, 0.3) is 0 Å². The minimum absolute atomic E-state index is 0.137. The molecule has 28 heavy (non-hydrogen) atoms. The summed E-state index contributed by atoms with van der Waals surface area (Å²) in [4.78, 5) is 8.50. The number of nitrogen functional groups attached to an aromatic ring is 1. The Hall–Kier alpha value is -3.16. The van der Waals surface area contributed by atoms with Gasteiger partial charge in [0.2, 0.25) is 0 Å². The molecule has 7 nitrogen and oxygen atoms in total. The number of aromatic nitrogens is 2. The fraction of sp³-hybridized carbons (Fsp3) is 0.238. The molecule has 0 radical (unpaired) electrons. The van der Waals surface area contributed by atoms with Crippen LogP contribution in [-0.2, 0) is 0 Å². The molecule has 7 heteroatoms. The zero-order valence-corrected chi connectivity index (χ0v) is 15.4. The van der Waals surface area contributed by atoms with Crippen molar-refractivity contribution in [1.29, 1.82) is 0 Å². The van der Waals surface area contributed by atoms with Crippen LogP contribution in [0.15, 0.2) is 60.9 Å². The lowest BCUT2D eigenvalue weighted by atomic mass is 10.0. The average molecular weight is 377 g/mol. The molecule has 0 amide bonds. The summed E-state index contributed by atoms with van der Waals surface area (Å²) in [5.41, 5.74) is 7.74. The van der Waals surface area contributed by atoms with E-state index in [0.29, 0.717) is 30.2 Å². The fourth-order valence-corrected chi connectivity index (χ4v) is 3.28. The summed E-state index contributed by atoms with van der Waals surface area (Å²) >= 11 is 0. The minimum atomic E-state index is -0.438. The first-order valence-electron chi connectivity index (χ1n) is 9.30. The van der Waals surface area contributed by atoms with Gasteiger partial charge in [-0.1, -0.05) is 30.3 Å². The van der Waals surface area contributed by atoms with Crippen molar-refractivity contribution >= 4 is 11.6 Å². The van der Waals surface area contributed by atoms with Gasteiger partial charge >= 0.3 is 0 Å². The van der Waals surface area contributed by atoms with Crippen LogP contribution in [0.3, 0.4) is 0 Å². The standard InChI is InChI=1S/C21H23N5O2/c22-20-19(21(25-13-24-20)26-17-12-23-11-10-18(17)27)14-6-8-16(9-7-14)28-15-4-2-1-3-5-15/h1-9,13,17-18,23,27H,10-12H2,(H3,22,24,25,26)/t17-,18-/m1/s1. The van der Waals surface area contributed by atoms with E-state index in [0.717, 1.165) is 23.6 Å². The van der Waals surface area contributed by atoms with E-state index in [2.05, 4.69) is 20.6 Å². The Morgan fingerprint density at radius 2 is 1.79 bits per heavy atom. The van der Waals surface area contributed by atoms with Crippen molar-refractivity contribution in [3.05, 3.63) is 60.9 Å². The van der Waals surface area contributed by atoms with E-state index in [1.165, 1.54) is 6.33 Å². The number of rotatable bonds is 5. The van der Waals surface area contributed by atoms with Crippen LogP contribution in [0.1, 0.15) is 6.42 Å². The van der Waals surface area contributed by atoms with Gasteiger partial charge in [-0.15, -0.1) is 0 Å². The maximum Gasteiger partial charge on any atom is 0.139 e. The van der Waals surface area contributed by atoms with Crippen LogP contribution in [0.5, 0.6) is 11.5 Å². The number of nitrogens with two attached hydrogens (primary N) is 1. The highest BCUT2D eigenvalue weighted by Crippen LogP contribution is 2.33. The lowest BCUT2D eigenvalue weighted by Crippen LogP contribution is -2.48. The Kier molecular flexibility index (Phi) is 5.36. The number of piperidine rings is 1. The lowest BCUT2D eigenvalue weighted by Gasteiger charge is -2.30. The predicted octanol–water partition coefficient (Wildman–Crippen LogP) is 2.65. The molecule has 0 aliphatic carbocycles. The number of hydrogen-bond acceptors (Lipinski definition) is 7. The quantitative estimate of drug-likeness (QED) is 0.542. The average Bonchev–Trinajstić information content (AvgIpc) is 2.72. The van der Waals surface area contributed by atoms with Gasteiger partial charge in [0.05, 0.1) is 17.7 Å². The summed E-state index contributed by atoms with van der Waals surface area (Å²) in [5.74, 6) is 2.50. The molecule has 0 bridgehead atoms. The zero-order valence-electron chi connectivity index (χ0n) is 15.4. The smallest absolute Gasteiger partial charge is 0.139 e. The van der Waals surface area contributed by atoms with E-state index in [9.17, 15) is 5.11 Å². The van der Waals surface area contributed by atoms with Crippen LogP contribution >= 0.6 is 0 Å². The number of anilines is 2. The molecule has 2 heterocycles. The van der Waals surface area contributed by atoms with Crippen molar-refractivity contribution in [2.75, 3.05) is 24.1 Å². The number of aliphatic hydroxyl groups excluding tert-OH is 1. The number of para-hydroxylation sites is 1. The molecular formula is C21H23N5O2. The number of benzene rings is 2. The van der Waals surface area contributed by atoms with Gasteiger partial charge in [-0.3, -0.25) is 0 Å². The Bertz CT molecular complexity index is 918. The number of hydrogen-bond donors (Lipinski definition) is 4. The van der Waals surface area contributed by atoms with Crippen LogP contribution < -0.4 is 21.1 Å². The Morgan fingerprint density at radius 1 is 1.04 bits per heavy atom. The predicted molar refractivity (Wildman–Crippen MR) is 109 cm³/mol. The van der Waals surface area contributed by atoms with Crippen LogP contribution in [-0.4, -0.2) is 40.3 Å². The number of nitrogens with zero attached hydrogens (tertiary/aromatic N) is 2. The van der Waals surface area contributed by atoms with Crippen molar-refractivity contribution in [3.8, 4) is 22.6 Å². The number of nitrogens with one attached hydrogen (secondary N) is 2. The van der Waals surface area contributed by atoms with E-state index in [-0.39, 0.29) is 6.04 Å². The van der Waals surface area contributed by atoms with Gasteiger partial charge < -0.3 is 26.2 Å². The second kappa shape index (κ2) is 8.24. The first-order valence-corrected chi connectivity index (χ1v) is 9.30. The van der Waals surface area contributed by atoms with E-state index in [1.54, 1.807) is 0 Å². The van der Waals surface area contributed by atoms with Crippen molar-refractivity contribution < 1.29 is 9.84 Å². The Balaban J connectivity index is 1.58. The largest absolute Gasteiger partial charge is 0.457 e. The summed E-state index contributed by atoms with van der Waals surface area (Å²) in [7, 11) is 0. The third-order valence-corrected chi connectivity index (χ3v) is 4.77. The summed E-state index contributed by atoms with van der Waals surface area (Å²) in [6, 6.07) is 17.1. The molecule has 5 N–H and O–H groups in total. The van der Waals surface area contributed by atoms with E-state index in [4.69, 9.17) is 10.5 Å². The second-order valence-electron chi connectivity index (χ2n) is 6.73. The van der Waals surface area contributed by atoms with Gasteiger partial charge in [0, 0.05) is 6.54 Å². The van der Waals surface area contributed by atoms with E-state index in [1.807, 2.05) is 54.6 Å². The molecule has 1 aromatic heterocycles. The molecule has 1 fully saturated rings. The molecule has 144 valence electrons. The highest BCUT2D eigenvalue weighted by atomic mass is 16.5. The molecule has 1 saturated heterocycles. The lowest BCUT2D eigenvalue weighted by molar-refractivity contribution is 0.124. The van der Waals surface area contributed by atoms with Crippen molar-refractivity contribution in [2.24, 2.45) is 0 Å². The molecule has 4 rings (SSSR count). The second-order valence-corrected chi connectivity index (χ2v) is 6.73. The van der Waals surface area contributed by atoms with Gasteiger partial charge in [-0.05, 0) is 42.8 Å². The third-order valence-electron chi connectivity index (χ3n) is 4.77. The molecule has 3 aromatic rings. The SMILES string of the molecule is Nc1ncnc(N[C@@H]2CNCC[C@H]2O)c1-c1ccc(Oc2ccccc2)cc1. The normalized spacial score (nSPS) is 19.2. The molecule has 0 unspecified atom stereocenters. The Labute approximate surface area is 163 Å². The summed E-state index contributed by atoms with van der Waals surface area (Å²) in [5, 5.41) is 16.8. The van der Waals surface area contributed by atoms with Gasteiger partial charge in [-0.25, -0.2) is 9.97 Å². The van der Waals surface area contributed by atoms with Gasteiger partial charge in [0.1, 0.15) is 29.5 Å². The molecule has 2 atom stereocenters. The maximum absolute atomic E-state index is 10.2. The summed E-state index contributed by atoms with van der Waals surface area (Å²) < 4.78 is 5.85. The maximum atomic E-state index is 10.2. The van der Waals surface area contributed by atoms with E-state index < -0.39 is 6.10 Å². The molecule has 1 aliphatic rings. The topological polar surface area (TPSA) is 105 Å². The summed E-state index contributed by atoms with van der Waals surface area (Å²) in [6.07, 6.45) is 1.68. The van der Waals surface area contributed by atoms with Crippen molar-refractivity contribution in [2.45, 2.75) is 18.6 Å². The highest BCUT2D eigenvalue weighted by molar-refractivity contribution is 5.83. The third kappa shape index (κ3) is 4.05. The molecule has 0 saturated carbocycles. The molecule has 2 aromatic carbocycles. The van der Waals surface area contributed by atoms with Crippen LogP contribution in [0.25, 0.3) is 11.1 Å². The molecular weight excluding hydrogens is 354 g/mol. The summed E-state index contributed by atoms with van der Waals surface area (Å²) in [6.45, 7) is 1.47. The molecule has 1 aliphatic heterocycles. The highest BCUT2D eigenvalue weighted by Gasteiger charge is 2.24. The number of aliphatic hydroxyl groups is 1.